The van der Waals surface area contributed by atoms with E-state index in [1.54, 1.807) is 24.3 Å². The Hall–Kier alpha value is -3.94. The quantitative estimate of drug-likeness (QED) is 0.0962. The molecule has 250 valence electrons. The first-order chi connectivity index (χ1) is 22.2. The topological polar surface area (TPSA) is 167 Å². The molecule has 5 aromatic carbocycles. The molecule has 0 amide bonds. The molecular formula is C36H42N2O7S2. The fourth-order valence-corrected chi connectivity index (χ4v) is 5.54. The summed E-state index contributed by atoms with van der Waals surface area (Å²) in [6.07, 6.45) is 1.07. The van der Waals surface area contributed by atoms with Gasteiger partial charge in [-0.05, 0) is 79.4 Å². The Bertz CT molecular complexity index is 1820. The Morgan fingerprint density at radius 1 is 0.660 bits per heavy atom. The van der Waals surface area contributed by atoms with Crippen molar-refractivity contribution in [2.75, 3.05) is 13.1 Å². The summed E-state index contributed by atoms with van der Waals surface area (Å²) in [5.74, 6) is 0. The van der Waals surface area contributed by atoms with Crippen molar-refractivity contribution in [3.63, 3.8) is 0 Å². The van der Waals surface area contributed by atoms with Gasteiger partial charge in [-0.2, -0.15) is 16.8 Å². The second-order valence-corrected chi connectivity index (χ2v) is 13.9. The molecule has 0 unspecified atom stereocenters. The maximum Gasteiger partial charge on any atom is 0.294 e. The summed E-state index contributed by atoms with van der Waals surface area (Å²) in [7, 11) is -8.04. The molecule has 0 bridgehead atoms. The van der Waals surface area contributed by atoms with Gasteiger partial charge in [0.05, 0.1) is 15.9 Å². The number of benzene rings is 5. The molecule has 47 heavy (non-hydrogen) atoms. The van der Waals surface area contributed by atoms with E-state index in [0.717, 1.165) is 29.7 Å². The molecule has 0 spiro atoms. The molecule has 0 radical (unpaired) electrons. The molecule has 0 aromatic heterocycles. The number of nitrogens with two attached hydrogens (primary N) is 1. The van der Waals surface area contributed by atoms with E-state index < -0.39 is 26.3 Å². The highest BCUT2D eigenvalue weighted by molar-refractivity contribution is 7.86. The predicted octanol–water partition coefficient (Wildman–Crippen LogP) is 5.39. The van der Waals surface area contributed by atoms with Crippen LogP contribution in [0.15, 0.2) is 131 Å². The highest BCUT2D eigenvalue weighted by Crippen LogP contribution is 2.18. The summed E-state index contributed by atoms with van der Waals surface area (Å²) in [6, 6.07) is 36.6. The molecular weight excluding hydrogens is 637 g/mol. The van der Waals surface area contributed by atoms with Gasteiger partial charge in [0, 0.05) is 12.6 Å². The molecule has 5 rings (SSSR count). The minimum Gasteiger partial charge on any atom is -0.390 e. The molecule has 9 nitrogen and oxygen atoms in total. The molecule has 0 saturated heterocycles. The van der Waals surface area contributed by atoms with Crippen molar-refractivity contribution >= 4 is 31.0 Å². The van der Waals surface area contributed by atoms with Crippen LogP contribution in [0, 0.1) is 13.8 Å². The summed E-state index contributed by atoms with van der Waals surface area (Å²) in [5, 5.41) is 16.2. The third-order valence-electron chi connectivity index (χ3n) is 7.25. The van der Waals surface area contributed by atoms with Crippen molar-refractivity contribution < 1.29 is 31.0 Å². The Balaban J connectivity index is 0.000000225. The fraction of sp³-hybridized carbons (Fsp3) is 0.222. The summed E-state index contributed by atoms with van der Waals surface area (Å²) in [6.45, 7) is 5.02. The summed E-state index contributed by atoms with van der Waals surface area (Å²) in [5.41, 5.74) is 10.5. The second-order valence-electron chi connectivity index (χ2n) is 11.1. The van der Waals surface area contributed by atoms with E-state index in [-0.39, 0.29) is 15.8 Å². The van der Waals surface area contributed by atoms with Crippen LogP contribution < -0.4 is 11.1 Å². The number of rotatable bonds is 10. The average molecular weight is 679 g/mol. The van der Waals surface area contributed by atoms with E-state index in [1.165, 1.54) is 40.6 Å². The summed E-state index contributed by atoms with van der Waals surface area (Å²) >= 11 is 0. The number of aliphatic hydroxyl groups excluding tert-OH is 1. The van der Waals surface area contributed by atoms with E-state index in [2.05, 4.69) is 47.8 Å². The lowest BCUT2D eigenvalue weighted by atomic mass is 10.0. The lowest BCUT2D eigenvalue weighted by Crippen LogP contribution is -2.43. The minimum absolute atomic E-state index is 0.0666. The number of aryl methyl sites for hydroxylation is 2. The highest BCUT2D eigenvalue weighted by Gasteiger charge is 2.15. The first kappa shape index (κ1) is 37.5. The van der Waals surface area contributed by atoms with Crippen LogP contribution in [0.5, 0.6) is 0 Å². The van der Waals surface area contributed by atoms with Crippen molar-refractivity contribution in [2.24, 2.45) is 5.73 Å². The predicted molar refractivity (Wildman–Crippen MR) is 187 cm³/mol. The molecule has 0 heterocycles. The van der Waals surface area contributed by atoms with Gasteiger partial charge < -0.3 is 16.2 Å². The van der Waals surface area contributed by atoms with Gasteiger partial charge in [-0.15, -0.1) is 0 Å². The molecule has 0 aliphatic rings. The Morgan fingerprint density at radius 2 is 1.15 bits per heavy atom. The standard InChI is InChI=1S/C22H26N2O.2C7H8O3S/c23-21(15-17-7-2-1-3-8-17)22(25)16-24-14-13-19-11-6-10-18-9-4-5-12-20(18)19;2*1-6-2-4-7(5-3-6)11(8,9)10/h1-12,21-22,24-25H,13-16,23H2;2*2-5H,1H3,(H,8,9,10)/t21-,22+;;/m0../s1. The SMILES string of the molecule is Cc1ccc(S(=O)(=O)O)cc1.Cc1ccc(S(=O)(=O)O)cc1.N[C@@H](Cc1ccccc1)[C@H](O)CNCCc1cccc2ccccc12. The van der Waals surface area contributed by atoms with Crippen LogP contribution in [0.4, 0.5) is 0 Å². The number of aliphatic hydroxyl groups is 1. The molecule has 6 N–H and O–H groups in total. The largest absolute Gasteiger partial charge is 0.390 e. The van der Waals surface area contributed by atoms with Gasteiger partial charge in [-0.25, -0.2) is 0 Å². The van der Waals surface area contributed by atoms with E-state index in [0.29, 0.717) is 13.0 Å². The van der Waals surface area contributed by atoms with Crippen LogP contribution in [0.2, 0.25) is 0 Å². The molecule has 2 atom stereocenters. The summed E-state index contributed by atoms with van der Waals surface area (Å²) in [4.78, 5) is -0.133. The third kappa shape index (κ3) is 13.0. The molecule has 11 heteroatoms. The Labute approximate surface area is 277 Å². The average Bonchev–Trinajstić information content (AvgIpc) is 3.04. The summed E-state index contributed by atoms with van der Waals surface area (Å²) < 4.78 is 59.1. The maximum atomic E-state index is 10.5. The first-order valence-electron chi connectivity index (χ1n) is 15.0. The van der Waals surface area contributed by atoms with Crippen LogP contribution in [0.25, 0.3) is 10.8 Å². The van der Waals surface area contributed by atoms with Gasteiger partial charge >= 0.3 is 0 Å². The van der Waals surface area contributed by atoms with Crippen LogP contribution in [0.1, 0.15) is 22.3 Å². The van der Waals surface area contributed by atoms with Crippen LogP contribution >= 0.6 is 0 Å². The Morgan fingerprint density at radius 3 is 1.68 bits per heavy atom. The lowest BCUT2D eigenvalue weighted by molar-refractivity contribution is 0.142. The fourth-order valence-electron chi connectivity index (χ4n) is 4.58. The van der Waals surface area contributed by atoms with Gasteiger partial charge in [0.1, 0.15) is 0 Å². The second kappa shape index (κ2) is 17.8. The van der Waals surface area contributed by atoms with Gasteiger partial charge in [-0.1, -0.05) is 108 Å². The number of hydrogen-bond donors (Lipinski definition) is 5. The molecule has 0 fully saturated rings. The zero-order chi connectivity index (χ0) is 34.5. The number of nitrogens with one attached hydrogen (secondary N) is 1. The van der Waals surface area contributed by atoms with Gasteiger partial charge in [-0.3, -0.25) is 9.11 Å². The Kier molecular flexibility index (Phi) is 14.2. The first-order valence-corrected chi connectivity index (χ1v) is 17.9. The monoisotopic (exact) mass is 678 g/mol. The lowest BCUT2D eigenvalue weighted by Gasteiger charge is -2.19. The van der Waals surface area contributed by atoms with Gasteiger partial charge in [0.25, 0.3) is 20.2 Å². The smallest absolute Gasteiger partial charge is 0.294 e. The van der Waals surface area contributed by atoms with Crippen molar-refractivity contribution in [3.8, 4) is 0 Å². The van der Waals surface area contributed by atoms with Crippen molar-refractivity contribution in [3.05, 3.63) is 144 Å². The van der Waals surface area contributed by atoms with E-state index in [1.807, 2.05) is 44.2 Å². The van der Waals surface area contributed by atoms with Crippen molar-refractivity contribution in [1.29, 1.82) is 0 Å². The van der Waals surface area contributed by atoms with Crippen LogP contribution in [-0.4, -0.2) is 56.3 Å². The van der Waals surface area contributed by atoms with Crippen molar-refractivity contribution in [1.82, 2.24) is 5.32 Å². The minimum atomic E-state index is -4.02. The van der Waals surface area contributed by atoms with Crippen LogP contribution in [0.3, 0.4) is 0 Å². The van der Waals surface area contributed by atoms with E-state index in [9.17, 15) is 21.9 Å². The van der Waals surface area contributed by atoms with Gasteiger partial charge in [0.15, 0.2) is 0 Å². The number of fused-ring (bicyclic) bond motifs is 1. The molecule has 0 saturated carbocycles. The maximum absolute atomic E-state index is 10.5. The third-order valence-corrected chi connectivity index (χ3v) is 8.99. The van der Waals surface area contributed by atoms with E-state index in [4.69, 9.17) is 14.8 Å². The molecule has 0 aliphatic carbocycles. The normalized spacial score (nSPS) is 12.6. The number of hydrogen-bond acceptors (Lipinski definition) is 7. The zero-order valence-corrected chi connectivity index (χ0v) is 28.0. The molecule has 5 aromatic rings. The molecule has 0 aliphatic heterocycles. The highest BCUT2D eigenvalue weighted by atomic mass is 32.2. The van der Waals surface area contributed by atoms with Gasteiger partial charge in [0.2, 0.25) is 0 Å². The van der Waals surface area contributed by atoms with E-state index >= 15 is 0 Å². The van der Waals surface area contributed by atoms with Crippen molar-refractivity contribution in [2.45, 2.75) is 48.6 Å². The van der Waals surface area contributed by atoms with Crippen LogP contribution in [-0.2, 0) is 33.1 Å². The zero-order valence-electron chi connectivity index (χ0n) is 26.4.